The van der Waals surface area contributed by atoms with E-state index in [1.807, 2.05) is 0 Å². The van der Waals surface area contributed by atoms with Crippen LogP contribution < -0.4 is 10.1 Å². The van der Waals surface area contributed by atoms with Crippen LogP contribution in [0.2, 0.25) is 0 Å². The molecule has 5 heteroatoms. The van der Waals surface area contributed by atoms with Crippen LogP contribution in [0.25, 0.3) is 11.1 Å². The molecule has 0 spiro atoms. The molecule has 2 aromatic rings. The molecule has 1 unspecified atom stereocenters. The summed E-state index contributed by atoms with van der Waals surface area (Å²) in [7, 11) is 0. The minimum Gasteiger partial charge on any atom is -0.494 e. The van der Waals surface area contributed by atoms with E-state index in [0.29, 0.717) is 5.92 Å². The Balaban J connectivity index is 1.26. The second-order valence-electron chi connectivity index (χ2n) is 11.0. The molecule has 3 saturated heterocycles. The Bertz CT molecular complexity index is 1010. The van der Waals surface area contributed by atoms with Gasteiger partial charge in [0.05, 0.1) is 12.6 Å². The van der Waals surface area contributed by atoms with Crippen LogP contribution in [0.3, 0.4) is 0 Å². The molecule has 182 valence electrons. The van der Waals surface area contributed by atoms with Gasteiger partial charge in [-0.15, -0.1) is 0 Å². The number of rotatable bonds is 7. The number of hydrogen-bond donors (Lipinski definition) is 1. The average Bonchev–Trinajstić information content (AvgIpc) is 3.09. The SMILES string of the molecule is CCCCOc1ccc(-c2ccc3c(c2)CC(C)(C)C3NC(=O)O[C@@H]2CN3CCC2CC3)cc1. The first-order chi connectivity index (χ1) is 16.4. The lowest BCUT2D eigenvalue weighted by molar-refractivity contribution is -0.0348. The molecule has 3 aliphatic heterocycles. The third-order valence-electron chi connectivity index (χ3n) is 7.95. The Hall–Kier alpha value is -2.53. The van der Waals surface area contributed by atoms with Crippen molar-refractivity contribution < 1.29 is 14.3 Å². The highest BCUT2D eigenvalue weighted by Crippen LogP contribution is 2.46. The number of benzene rings is 2. The lowest BCUT2D eigenvalue weighted by Gasteiger charge is -2.44. The van der Waals surface area contributed by atoms with Crippen molar-refractivity contribution in [3.05, 3.63) is 53.6 Å². The van der Waals surface area contributed by atoms with Crippen LogP contribution in [0.5, 0.6) is 5.75 Å². The van der Waals surface area contributed by atoms with Gasteiger partial charge in [0, 0.05) is 6.54 Å². The number of ether oxygens (including phenoxy) is 2. The van der Waals surface area contributed by atoms with Gasteiger partial charge in [0.15, 0.2) is 0 Å². The quantitative estimate of drug-likeness (QED) is 0.515. The van der Waals surface area contributed by atoms with E-state index in [0.717, 1.165) is 64.1 Å². The molecule has 0 saturated carbocycles. The van der Waals surface area contributed by atoms with Crippen molar-refractivity contribution in [1.82, 2.24) is 10.2 Å². The van der Waals surface area contributed by atoms with Crippen molar-refractivity contribution in [3.8, 4) is 16.9 Å². The Morgan fingerprint density at radius 2 is 1.82 bits per heavy atom. The summed E-state index contributed by atoms with van der Waals surface area (Å²) in [6.45, 7) is 10.6. The largest absolute Gasteiger partial charge is 0.494 e. The molecule has 34 heavy (non-hydrogen) atoms. The van der Waals surface area contributed by atoms with Gasteiger partial charge in [-0.05, 0) is 84.5 Å². The Kier molecular flexibility index (Phi) is 6.57. The number of carbonyl (C=O) groups excluding carboxylic acids is 1. The van der Waals surface area contributed by atoms with E-state index in [9.17, 15) is 4.79 Å². The van der Waals surface area contributed by atoms with Gasteiger partial charge in [0.2, 0.25) is 0 Å². The van der Waals surface area contributed by atoms with E-state index < -0.39 is 0 Å². The van der Waals surface area contributed by atoms with Crippen LogP contribution >= 0.6 is 0 Å². The van der Waals surface area contributed by atoms with E-state index in [-0.39, 0.29) is 23.7 Å². The number of amides is 1. The van der Waals surface area contributed by atoms with Gasteiger partial charge in [-0.1, -0.05) is 57.5 Å². The summed E-state index contributed by atoms with van der Waals surface area (Å²) >= 11 is 0. The fraction of sp³-hybridized carbons (Fsp3) is 0.552. The zero-order valence-corrected chi connectivity index (χ0v) is 20.8. The maximum atomic E-state index is 12.9. The van der Waals surface area contributed by atoms with E-state index in [1.165, 1.54) is 22.3 Å². The van der Waals surface area contributed by atoms with E-state index >= 15 is 0 Å². The highest BCUT2D eigenvalue weighted by atomic mass is 16.6. The van der Waals surface area contributed by atoms with Crippen LogP contribution in [0, 0.1) is 11.3 Å². The predicted octanol–water partition coefficient (Wildman–Crippen LogP) is 5.98. The highest BCUT2D eigenvalue weighted by molar-refractivity contribution is 5.70. The van der Waals surface area contributed by atoms with Crippen molar-refractivity contribution in [1.29, 1.82) is 0 Å². The Morgan fingerprint density at radius 1 is 1.09 bits per heavy atom. The molecule has 0 aromatic heterocycles. The van der Waals surface area contributed by atoms with Crippen LogP contribution in [0.15, 0.2) is 42.5 Å². The normalized spacial score (nSPS) is 26.7. The Labute approximate surface area is 203 Å². The van der Waals surface area contributed by atoms with Crippen molar-refractivity contribution in [2.45, 2.75) is 65.0 Å². The van der Waals surface area contributed by atoms with Crippen molar-refractivity contribution in [2.75, 3.05) is 26.2 Å². The molecule has 4 aliphatic rings. The third-order valence-corrected chi connectivity index (χ3v) is 7.95. The molecule has 3 heterocycles. The molecule has 1 amide bonds. The van der Waals surface area contributed by atoms with E-state index in [4.69, 9.17) is 9.47 Å². The lowest BCUT2D eigenvalue weighted by Crippen LogP contribution is -2.53. The van der Waals surface area contributed by atoms with Crippen LogP contribution in [-0.4, -0.2) is 43.3 Å². The minimum absolute atomic E-state index is 0.0304. The van der Waals surface area contributed by atoms with Gasteiger partial charge in [0.1, 0.15) is 11.9 Å². The number of hydrogen-bond acceptors (Lipinski definition) is 4. The molecule has 1 aliphatic carbocycles. The minimum atomic E-state index is -0.271. The number of carbonyl (C=O) groups is 1. The topological polar surface area (TPSA) is 50.8 Å². The summed E-state index contributed by atoms with van der Waals surface area (Å²) in [5, 5.41) is 3.23. The summed E-state index contributed by atoms with van der Waals surface area (Å²) in [5.74, 6) is 1.44. The monoisotopic (exact) mass is 462 g/mol. The molecular formula is C29H38N2O3. The van der Waals surface area contributed by atoms with Gasteiger partial charge in [-0.25, -0.2) is 4.79 Å². The van der Waals surface area contributed by atoms with Crippen LogP contribution in [0.1, 0.15) is 63.6 Å². The highest BCUT2D eigenvalue weighted by Gasteiger charge is 2.42. The summed E-state index contributed by atoms with van der Waals surface area (Å²) in [6, 6.07) is 15.0. The van der Waals surface area contributed by atoms with Gasteiger partial charge < -0.3 is 14.8 Å². The van der Waals surface area contributed by atoms with Crippen molar-refractivity contribution in [2.24, 2.45) is 11.3 Å². The zero-order chi connectivity index (χ0) is 23.7. The average molecular weight is 463 g/mol. The first-order valence-electron chi connectivity index (χ1n) is 13.0. The maximum Gasteiger partial charge on any atom is 0.407 e. The number of nitrogens with one attached hydrogen (secondary N) is 1. The smallest absolute Gasteiger partial charge is 0.407 e. The predicted molar refractivity (Wildman–Crippen MR) is 135 cm³/mol. The van der Waals surface area contributed by atoms with Gasteiger partial charge in [-0.2, -0.15) is 0 Å². The molecule has 2 atom stereocenters. The van der Waals surface area contributed by atoms with E-state index in [2.05, 4.69) is 73.5 Å². The lowest BCUT2D eigenvalue weighted by atomic mass is 9.85. The fourth-order valence-corrected chi connectivity index (χ4v) is 5.92. The molecular weight excluding hydrogens is 424 g/mol. The fourth-order valence-electron chi connectivity index (χ4n) is 5.92. The Morgan fingerprint density at radius 3 is 2.50 bits per heavy atom. The standard InChI is InChI=1S/C29H38N2O3/c1-4-5-16-33-24-9-6-20(7-10-24)22-8-11-25-23(17-22)18-29(2,3)27(25)30-28(32)34-26-19-31-14-12-21(26)13-15-31/h6-11,17,21,26-27H,4-5,12-16,18-19H2,1-3H3,(H,30,32)/t26-,27?/m1/s1. The second-order valence-corrected chi connectivity index (χ2v) is 11.0. The molecule has 0 radical (unpaired) electrons. The van der Waals surface area contributed by atoms with Crippen LogP contribution in [-0.2, 0) is 11.2 Å². The first kappa shape index (κ1) is 23.2. The molecule has 3 fully saturated rings. The molecule has 1 N–H and O–H groups in total. The van der Waals surface area contributed by atoms with Crippen molar-refractivity contribution in [3.63, 3.8) is 0 Å². The van der Waals surface area contributed by atoms with Gasteiger partial charge >= 0.3 is 6.09 Å². The molecule has 2 aromatic carbocycles. The molecule has 6 rings (SSSR count). The summed E-state index contributed by atoms with van der Waals surface area (Å²) in [4.78, 5) is 15.3. The van der Waals surface area contributed by atoms with Gasteiger partial charge in [-0.3, -0.25) is 4.90 Å². The maximum absolute atomic E-state index is 12.9. The number of fused-ring (bicyclic) bond motifs is 4. The summed E-state index contributed by atoms with van der Waals surface area (Å²) < 4.78 is 11.7. The third kappa shape index (κ3) is 4.81. The van der Waals surface area contributed by atoms with Crippen molar-refractivity contribution >= 4 is 6.09 Å². The number of nitrogens with zero attached hydrogens (tertiary/aromatic N) is 1. The molecule has 2 bridgehead atoms. The summed E-state index contributed by atoms with van der Waals surface area (Å²) in [5.41, 5.74) is 4.83. The molecule has 5 nitrogen and oxygen atoms in total. The van der Waals surface area contributed by atoms with Gasteiger partial charge in [0.25, 0.3) is 0 Å². The summed E-state index contributed by atoms with van der Waals surface area (Å²) in [6.07, 6.45) is 5.19. The second kappa shape index (κ2) is 9.61. The van der Waals surface area contributed by atoms with E-state index in [1.54, 1.807) is 0 Å². The number of alkyl carbamates (subject to hydrolysis) is 1. The van der Waals surface area contributed by atoms with Crippen LogP contribution in [0.4, 0.5) is 4.79 Å². The number of unbranched alkanes of at least 4 members (excludes halogenated alkanes) is 1. The number of piperidine rings is 3. The zero-order valence-electron chi connectivity index (χ0n) is 20.8. The first-order valence-corrected chi connectivity index (χ1v) is 13.0.